The van der Waals surface area contributed by atoms with Crippen LogP contribution in [0.15, 0.2) is 18.2 Å². The van der Waals surface area contributed by atoms with Crippen molar-refractivity contribution in [3.05, 3.63) is 40.7 Å². The molecule has 24 heavy (non-hydrogen) atoms. The van der Waals surface area contributed by atoms with Crippen LogP contribution in [-0.2, 0) is 16.4 Å². The van der Waals surface area contributed by atoms with Crippen molar-refractivity contribution in [3.63, 3.8) is 0 Å². The highest BCUT2D eigenvalue weighted by atomic mass is 35.5. The van der Waals surface area contributed by atoms with Crippen LogP contribution in [0.1, 0.15) is 38.5 Å². The summed E-state index contributed by atoms with van der Waals surface area (Å²) in [6.45, 7) is 5.65. The molecule has 0 aliphatic carbocycles. The van der Waals surface area contributed by atoms with Gasteiger partial charge in [-0.15, -0.1) is 0 Å². The van der Waals surface area contributed by atoms with Crippen molar-refractivity contribution in [2.45, 2.75) is 33.2 Å². The van der Waals surface area contributed by atoms with Gasteiger partial charge in [0.25, 0.3) is 0 Å². The Morgan fingerprint density at radius 3 is 2.58 bits per heavy atom. The summed E-state index contributed by atoms with van der Waals surface area (Å²) in [5, 5.41) is 4.31. The minimum atomic E-state index is -3.45. The molecule has 0 bridgehead atoms. The van der Waals surface area contributed by atoms with Gasteiger partial charge in [0.15, 0.2) is 17.5 Å². The number of nitrogens with one attached hydrogen (secondary N) is 1. The first-order valence-corrected chi connectivity index (χ1v) is 9.73. The number of rotatable bonds is 6. The zero-order valence-electron chi connectivity index (χ0n) is 13.9. The predicted molar refractivity (Wildman–Crippen MR) is 91.3 cm³/mol. The van der Waals surface area contributed by atoms with Gasteiger partial charge in [0.2, 0.25) is 10.0 Å². The van der Waals surface area contributed by atoms with E-state index in [1.54, 1.807) is 13.0 Å². The zero-order chi connectivity index (χ0) is 18.1. The van der Waals surface area contributed by atoms with E-state index >= 15 is 0 Å². The second-order valence-corrected chi connectivity index (χ2v) is 8.27. The van der Waals surface area contributed by atoms with Gasteiger partial charge in [-0.25, -0.2) is 27.2 Å². The van der Waals surface area contributed by atoms with Crippen LogP contribution in [0.5, 0.6) is 0 Å². The maximum atomic E-state index is 14.4. The molecular weight excluding hydrogens is 355 g/mol. The summed E-state index contributed by atoms with van der Waals surface area (Å²) in [6, 6.07) is 3.88. The Bertz CT molecular complexity index is 836. The second-order valence-electron chi connectivity index (χ2n) is 6.08. The molecule has 0 spiro atoms. The summed E-state index contributed by atoms with van der Waals surface area (Å²) < 4.78 is 41.1. The Hall–Kier alpha value is -1.51. The van der Waals surface area contributed by atoms with Crippen LogP contribution in [0.4, 0.5) is 4.39 Å². The van der Waals surface area contributed by atoms with Crippen LogP contribution in [0.25, 0.3) is 5.69 Å². The van der Waals surface area contributed by atoms with E-state index in [-0.39, 0.29) is 10.7 Å². The van der Waals surface area contributed by atoms with Crippen molar-refractivity contribution in [1.82, 2.24) is 19.5 Å². The van der Waals surface area contributed by atoms with Gasteiger partial charge in [-0.2, -0.15) is 5.10 Å². The molecule has 1 heterocycles. The van der Waals surface area contributed by atoms with Gasteiger partial charge >= 0.3 is 0 Å². The van der Waals surface area contributed by atoms with Crippen LogP contribution in [-0.4, -0.2) is 29.4 Å². The van der Waals surface area contributed by atoms with Crippen LogP contribution in [0.2, 0.25) is 5.02 Å². The molecule has 0 amide bonds. The molecule has 1 unspecified atom stereocenters. The molecule has 1 aromatic heterocycles. The Labute approximate surface area is 146 Å². The molecule has 6 nitrogen and oxygen atoms in total. The van der Waals surface area contributed by atoms with Gasteiger partial charge in [0.1, 0.15) is 5.69 Å². The Morgan fingerprint density at radius 1 is 1.33 bits per heavy atom. The van der Waals surface area contributed by atoms with Gasteiger partial charge in [-0.1, -0.05) is 31.5 Å². The van der Waals surface area contributed by atoms with E-state index in [0.717, 1.165) is 6.26 Å². The topological polar surface area (TPSA) is 76.9 Å². The molecule has 2 aromatic rings. The highest BCUT2D eigenvalue weighted by Gasteiger charge is 2.22. The average Bonchev–Trinajstić information content (AvgIpc) is 2.83. The number of halogens is 2. The maximum Gasteiger partial charge on any atom is 0.209 e. The third-order valence-corrected chi connectivity index (χ3v) is 4.28. The fraction of sp³-hybridized carbons (Fsp3) is 0.467. The SMILES string of the molecule is CC(C)Cc1nc(C(C)NS(C)(=O)=O)n(-c2cccc(Cl)c2F)n1. The highest BCUT2D eigenvalue weighted by Crippen LogP contribution is 2.24. The quantitative estimate of drug-likeness (QED) is 0.843. The number of benzene rings is 1. The van der Waals surface area contributed by atoms with E-state index in [4.69, 9.17) is 11.6 Å². The van der Waals surface area contributed by atoms with Crippen molar-refractivity contribution in [2.75, 3.05) is 6.26 Å². The molecule has 0 aliphatic heterocycles. The monoisotopic (exact) mass is 374 g/mol. The summed E-state index contributed by atoms with van der Waals surface area (Å²) in [7, 11) is -3.45. The van der Waals surface area contributed by atoms with Gasteiger partial charge < -0.3 is 0 Å². The minimum absolute atomic E-state index is 0.0388. The standard InChI is InChI=1S/C15H20ClFN4O2S/c1-9(2)8-13-18-15(10(3)20-24(4,22)23)21(19-13)12-7-5-6-11(16)14(12)17/h5-7,9-10,20H,8H2,1-4H3. The van der Waals surface area contributed by atoms with Crippen molar-refractivity contribution in [2.24, 2.45) is 5.92 Å². The average molecular weight is 375 g/mol. The summed E-state index contributed by atoms with van der Waals surface area (Å²) in [5.74, 6) is 0.489. The fourth-order valence-electron chi connectivity index (χ4n) is 2.31. The van der Waals surface area contributed by atoms with Crippen LogP contribution >= 0.6 is 11.6 Å². The normalized spacial score (nSPS) is 13.5. The van der Waals surface area contributed by atoms with Gasteiger partial charge in [-0.05, 0) is 25.0 Å². The molecule has 9 heteroatoms. The predicted octanol–water partition coefficient (Wildman–Crippen LogP) is 2.87. The third-order valence-electron chi connectivity index (χ3n) is 3.20. The first-order chi connectivity index (χ1) is 11.1. The van der Waals surface area contributed by atoms with Crippen molar-refractivity contribution < 1.29 is 12.8 Å². The molecule has 0 fully saturated rings. The summed E-state index contributed by atoms with van der Waals surface area (Å²) in [5.41, 5.74) is 0.127. The van der Waals surface area contributed by atoms with E-state index in [0.29, 0.717) is 24.0 Å². The van der Waals surface area contributed by atoms with E-state index in [1.165, 1.54) is 16.8 Å². The highest BCUT2D eigenvalue weighted by molar-refractivity contribution is 7.88. The Morgan fingerprint density at radius 2 is 2.00 bits per heavy atom. The molecule has 1 atom stereocenters. The van der Waals surface area contributed by atoms with Crippen molar-refractivity contribution in [1.29, 1.82) is 0 Å². The molecule has 1 aromatic carbocycles. The van der Waals surface area contributed by atoms with Crippen molar-refractivity contribution >= 4 is 21.6 Å². The van der Waals surface area contributed by atoms with Gasteiger partial charge in [0.05, 0.1) is 17.3 Å². The van der Waals surface area contributed by atoms with Crippen LogP contribution in [0, 0.1) is 11.7 Å². The number of hydrogen-bond donors (Lipinski definition) is 1. The van der Waals surface area contributed by atoms with E-state index in [1.807, 2.05) is 13.8 Å². The van der Waals surface area contributed by atoms with Crippen LogP contribution in [0.3, 0.4) is 0 Å². The summed E-state index contributed by atoms with van der Waals surface area (Å²) in [6.07, 6.45) is 1.65. The molecule has 2 rings (SSSR count). The molecule has 0 saturated heterocycles. The minimum Gasteiger partial charge on any atom is -0.214 e. The Balaban J connectivity index is 2.56. The molecular formula is C15H20ClFN4O2S. The summed E-state index contributed by atoms with van der Waals surface area (Å²) >= 11 is 5.85. The van der Waals surface area contributed by atoms with E-state index < -0.39 is 21.9 Å². The summed E-state index contributed by atoms with van der Waals surface area (Å²) in [4.78, 5) is 4.40. The lowest BCUT2D eigenvalue weighted by molar-refractivity contribution is 0.555. The lowest BCUT2D eigenvalue weighted by atomic mass is 10.1. The maximum absolute atomic E-state index is 14.4. The lowest BCUT2D eigenvalue weighted by Gasteiger charge is -2.13. The van der Waals surface area contributed by atoms with Crippen molar-refractivity contribution in [3.8, 4) is 5.69 Å². The molecule has 0 radical (unpaired) electrons. The Kier molecular flexibility index (Phi) is 5.62. The van der Waals surface area contributed by atoms with E-state index in [9.17, 15) is 12.8 Å². The number of sulfonamides is 1. The second kappa shape index (κ2) is 7.16. The molecule has 0 saturated carbocycles. The van der Waals surface area contributed by atoms with Crippen LogP contribution < -0.4 is 4.72 Å². The number of hydrogen-bond acceptors (Lipinski definition) is 4. The van der Waals surface area contributed by atoms with Gasteiger partial charge in [0, 0.05) is 6.42 Å². The zero-order valence-corrected chi connectivity index (χ0v) is 15.5. The third kappa shape index (κ3) is 4.52. The van der Waals surface area contributed by atoms with Gasteiger partial charge in [-0.3, -0.25) is 0 Å². The smallest absolute Gasteiger partial charge is 0.209 e. The lowest BCUT2D eigenvalue weighted by Crippen LogP contribution is -2.27. The fourth-order valence-corrected chi connectivity index (χ4v) is 3.22. The number of aromatic nitrogens is 3. The molecule has 132 valence electrons. The largest absolute Gasteiger partial charge is 0.214 e. The molecule has 1 N–H and O–H groups in total. The molecule has 0 aliphatic rings. The first-order valence-electron chi connectivity index (χ1n) is 7.46. The number of nitrogens with zero attached hydrogens (tertiary/aromatic N) is 3. The van der Waals surface area contributed by atoms with E-state index in [2.05, 4.69) is 14.8 Å². The first kappa shape index (κ1) is 18.8.